The monoisotopic (exact) mass is 405 g/mol. The summed E-state index contributed by atoms with van der Waals surface area (Å²) >= 11 is 5.87. The number of carbonyl (C=O) groups is 3. The molecular formula is C15H20ClN3O6S. The van der Waals surface area contributed by atoms with Crippen LogP contribution >= 0.6 is 11.6 Å². The molecule has 3 N–H and O–H groups in total. The zero-order valence-electron chi connectivity index (χ0n) is 14.5. The minimum Gasteiger partial charge on any atom is -0.452 e. The normalized spacial score (nSPS) is 11.1. The van der Waals surface area contributed by atoms with E-state index in [-0.39, 0.29) is 21.4 Å². The van der Waals surface area contributed by atoms with E-state index in [0.29, 0.717) is 6.54 Å². The van der Waals surface area contributed by atoms with E-state index in [1.165, 1.54) is 19.2 Å². The van der Waals surface area contributed by atoms with Gasteiger partial charge in [-0.25, -0.2) is 22.7 Å². The van der Waals surface area contributed by atoms with Gasteiger partial charge in [0, 0.05) is 6.54 Å². The molecule has 0 saturated heterocycles. The number of urea groups is 1. The maximum absolute atomic E-state index is 12.0. The largest absolute Gasteiger partial charge is 0.452 e. The first-order valence-corrected chi connectivity index (χ1v) is 9.40. The highest BCUT2D eigenvalue weighted by atomic mass is 35.5. The lowest BCUT2D eigenvalue weighted by molar-refractivity contribution is -0.123. The molecule has 0 aliphatic heterocycles. The SMILES string of the molecule is CNS(=O)(=O)c1ccc(Cl)c(C(=O)OCC(=O)NC(=O)NCC(C)C)c1. The molecular weight excluding hydrogens is 386 g/mol. The molecule has 3 amide bonds. The predicted octanol–water partition coefficient (Wildman–Crippen LogP) is 0.887. The fourth-order valence-corrected chi connectivity index (χ4v) is 2.61. The number of carbonyl (C=O) groups excluding carboxylic acids is 3. The summed E-state index contributed by atoms with van der Waals surface area (Å²) in [7, 11) is -2.56. The van der Waals surface area contributed by atoms with Crippen molar-refractivity contribution in [3.05, 3.63) is 28.8 Å². The van der Waals surface area contributed by atoms with Crippen LogP contribution in [0.2, 0.25) is 5.02 Å². The van der Waals surface area contributed by atoms with Gasteiger partial charge < -0.3 is 10.1 Å². The minimum atomic E-state index is -3.78. The molecule has 0 aliphatic rings. The molecule has 0 fully saturated rings. The number of rotatable bonds is 7. The van der Waals surface area contributed by atoms with Crippen LogP contribution in [-0.4, -0.2) is 46.5 Å². The summed E-state index contributed by atoms with van der Waals surface area (Å²) in [5, 5.41) is 4.42. The van der Waals surface area contributed by atoms with E-state index in [2.05, 4.69) is 10.0 Å². The predicted molar refractivity (Wildman–Crippen MR) is 94.4 cm³/mol. The Morgan fingerprint density at radius 1 is 1.23 bits per heavy atom. The van der Waals surface area contributed by atoms with Gasteiger partial charge in [-0.2, -0.15) is 0 Å². The molecule has 0 aliphatic carbocycles. The standard InChI is InChI=1S/C15H20ClN3O6S/c1-9(2)7-18-15(22)19-13(20)8-25-14(21)11-6-10(4-5-12(11)16)26(23,24)17-3/h4-6,9,17H,7-8H2,1-3H3,(H2,18,19,20,22). The van der Waals surface area contributed by atoms with Gasteiger partial charge in [0.15, 0.2) is 6.61 Å². The molecule has 11 heteroatoms. The first kappa shape index (κ1) is 21.9. The third kappa shape index (κ3) is 6.62. The number of nitrogens with one attached hydrogen (secondary N) is 3. The lowest BCUT2D eigenvalue weighted by Crippen LogP contribution is -2.42. The van der Waals surface area contributed by atoms with Crippen molar-refractivity contribution in [1.82, 2.24) is 15.4 Å². The third-order valence-electron chi connectivity index (χ3n) is 2.99. The zero-order valence-corrected chi connectivity index (χ0v) is 16.0. The van der Waals surface area contributed by atoms with Gasteiger partial charge in [-0.05, 0) is 31.2 Å². The molecule has 0 saturated carbocycles. The third-order valence-corrected chi connectivity index (χ3v) is 4.74. The van der Waals surface area contributed by atoms with Crippen LogP contribution in [-0.2, 0) is 19.6 Å². The van der Waals surface area contributed by atoms with Crippen LogP contribution in [0, 0.1) is 5.92 Å². The molecule has 1 rings (SSSR count). The number of benzene rings is 1. The van der Waals surface area contributed by atoms with Gasteiger partial charge in [-0.1, -0.05) is 25.4 Å². The van der Waals surface area contributed by atoms with E-state index in [1.54, 1.807) is 0 Å². The molecule has 26 heavy (non-hydrogen) atoms. The number of halogens is 1. The maximum Gasteiger partial charge on any atom is 0.340 e. The smallest absolute Gasteiger partial charge is 0.340 e. The van der Waals surface area contributed by atoms with Gasteiger partial charge in [0.25, 0.3) is 5.91 Å². The molecule has 0 bridgehead atoms. The minimum absolute atomic E-state index is 0.0415. The zero-order chi connectivity index (χ0) is 19.9. The van der Waals surface area contributed by atoms with Crippen molar-refractivity contribution < 1.29 is 27.5 Å². The molecule has 1 aromatic carbocycles. The van der Waals surface area contributed by atoms with E-state index in [1.807, 2.05) is 19.2 Å². The Labute approximate surface area is 156 Å². The summed E-state index contributed by atoms with van der Waals surface area (Å²) < 4.78 is 30.4. The molecule has 0 heterocycles. The van der Waals surface area contributed by atoms with Crippen molar-refractivity contribution in [2.75, 3.05) is 20.2 Å². The summed E-state index contributed by atoms with van der Waals surface area (Å²) in [5.41, 5.74) is -0.222. The summed E-state index contributed by atoms with van der Waals surface area (Å²) in [6, 6.07) is 2.77. The highest BCUT2D eigenvalue weighted by molar-refractivity contribution is 7.89. The van der Waals surface area contributed by atoms with E-state index in [0.717, 1.165) is 6.07 Å². The molecule has 144 valence electrons. The summed E-state index contributed by atoms with van der Waals surface area (Å²) in [4.78, 5) is 34.9. The van der Waals surface area contributed by atoms with Gasteiger partial charge in [0.1, 0.15) is 0 Å². The molecule has 9 nitrogen and oxygen atoms in total. The summed E-state index contributed by atoms with van der Waals surface area (Å²) in [6.07, 6.45) is 0. The second-order valence-electron chi connectivity index (χ2n) is 5.58. The average Bonchev–Trinajstić information content (AvgIpc) is 2.58. The molecule has 0 aromatic heterocycles. The Balaban J connectivity index is 2.70. The van der Waals surface area contributed by atoms with E-state index >= 15 is 0 Å². The van der Waals surface area contributed by atoms with Crippen LogP contribution in [0.25, 0.3) is 0 Å². The van der Waals surface area contributed by atoms with Gasteiger partial charge in [-0.15, -0.1) is 0 Å². The second-order valence-corrected chi connectivity index (χ2v) is 7.87. The number of ether oxygens (including phenoxy) is 1. The number of amides is 3. The van der Waals surface area contributed by atoms with Crippen LogP contribution in [0.5, 0.6) is 0 Å². The molecule has 1 aromatic rings. The maximum atomic E-state index is 12.0. The lowest BCUT2D eigenvalue weighted by Gasteiger charge is -2.10. The van der Waals surface area contributed by atoms with Gasteiger partial charge in [-0.3, -0.25) is 10.1 Å². The first-order chi connectivity index (χ1) is 12.1. The number of imide groups is 1. The second kappa shape index (κ2) is 9.51. The Hall–Kier alpha value is -2.17. The highest BCUT2D eigenvalue weighted by Gasteiger charge is 2.19. The Morgan fingerprint density at radius 3 is 2.46 bits per heavy atom. The number of sulfonamides is 1. The van der Waals surface area contributed by atoms with Crippen molar-refractivity contribution in [1.29, 1.82) is 0 Å². The number of esters is 1. The van der Waals surface area contributed by atoms with E-state index in [4.69, 9.17) is 16.3 Å². The Morgan fingerprint density at radius 2 is 1.88 bits per heavy atom. The van der Waals surface area contributed by atoms with Gasteiger partial charge >= 0.3 is 12.0 Å². The van der Waals surface area contributed by atoms with E-state index < -0.39 is 34.5 Å². The number of hydrogen-bond acceptors (Lipinski definition) is 6. The lowest BCUT2D eigenvalue weighted by atomic mass is 10.2. The van der Waals surface area contributed by atoms with Crippen LogP contribution in [0.4, 0.5) is 4.79 Å². The molecule has 0 spiro atoms. The van der Waals surface area contributed by atoms with Crippen molar-refractivity contribution in [2.45, 2.75) is 18.7 Å². The topological polar surface area (TPSA) is 131 Å². The molecule has 0 radical (unpaired) electrons. The van der Waals surface area contributed by atoms with Gasteiger partial charge in [0.05, 0.1) is 15.5 Å². The average molecular weight is 406 g/mol. The van der Waals surface area contributed by atoms with Crippen molar-refractivity contribution >= 4 is 39.5 Å². The van der Waals surface area contributed by atoms with Crippen LogP contribution in [0.3, 0.4) is 0 Å². The van der Waals surface area contributed by atoms with Gasteiger partial charge in [0.2, 0.25) is 10.0 Å². The fraction of sp³-hybridized carbons (Fsp3) is 0.400. The van der Waals surface area contributed by atoms with Crippen molar-refractivity contribution in [2.24, 2.45) is 5.92 Å². The van der Waals surface area contributed by atoms with Crippen LogP contribution in [0.1, 0.15) is 24.2 Å². The first-order valence-electron chi connectivity index (χ1n) is 7.54. The number of hydrogen-bond donors (Lipinski definition) is 3. The fourth-order valence-electron chi connectivity index (χ4n) is 1.66. The summed E-state index contributed by atoms with van der Waals surface area (Å²) in [5.74, 6) is -1.63. The van der Waals surface area contributed by atoms with Crippen LogP contribution < -0.4 is 15.4 Å². The molecule has 0 unspecified atom stereocenters. The highest BCUT2D eigenvalue weighted by Crippen LogP contribution is 2.21. The van der Waals surface area contributed by atoms with Crippen LogP contribution in [0.15, 0.2) is 23.1 Å². The Bertz CT molecular complexity index is 795. The van der Waals surface area contributed by atoms with Crippen molar-refractivity contribution in [3.63, 3.8) is 0 Å². The van der Waals surface area contributed by atoms with E-state index in [9.17, 15) is 22.8 Å². The summed E-state index contributed by atoms with van der Waals surface area (Å²) in [6.45, 7) is 3.42. The Kier molecular flexibility index (Phi) is 8.00. The van der Waals surface area contributed by atoms with Crippen molar-refractivity contribution in [3.8, 4) is 0 Å². The molecule has 0 atom stereocenters. The quantitative estimate of drug-likeness (QED) is 0.577.